The molecule has 0 aromatic carbocycles. The maximum absolute atomic E-state index is 11.9. The SMILES string of the molecule is CCC(CC(=O)CCC=C(C)C)(C[N+](=O)[O-])C(C)=O. The van der Waals surface area contributed by atoms with Crippen molar-refractivity contribution >= 4 is 11.6 Å². The molecule has 0 aromatic rings. The lowest BCUT2D eigenvalue weighted by molar-refractivity contribution is -0.493. The fourth-order valence-electron chi connectivity index (χ4n) is 2.01. The molecule has 0 aromatic heterocycles. The van der Waals surface area contributed by atoms with Crippen molar-refractivity contribution in [1.82, 2.24) is 0 Å². The number of nitrogens with zero attached hydrogens (tertiary/aromatic N) is 1. The molecule has 5 nitrogen and oxygen atoms in total. The molecule has 19 heavy (non-hydrogen) atoms. The highest BCUT2D eigenvalue weighted by molar-refractivity contribution is 5.89. The molecular formula is C14H23NO4. The quantitative estimate of drug-likeness (QED) is 0.366. The van der Waals surface area contributed by atoms with E-state index in [0.717, 1.165) is 5.57 Å². The Labute approximate surface area is 114 Å². The second kappa shape index (κ2) is 7.81. The average molecular weight is 269 g/mol. The first-order chi connectivity index (χ1) is 8.73. The van der Waals surface area contributed by atoms with Gasteiger partial charge in [0.05, 0.1) is 5.41 Å². The number of Topliss-reactive ketones (excluding diaryl/α,β-unsaturated/α-hetero) is 2. The molecular weight excluding hydrogens is 246 g/mol. The van der Waals surface area contributed by atoms with Gasteiger partial charge in [0, 0.05) is 17.8 Å². The summed E-state index contributed by atoms with van der Waals surface area (Å²) in [5.41, 5.74) is -0.00244. The second-order valence-electron chi connectivity index (χ2n) is 5.22. The largest absolute Gasteiger partial charge is 0.300 e. The Kier molecular flexibility index (Phi) is 7.19. The van der Waals surface area contributed by atoms with E-state index in [-0.39, 0.29) is 18.0 Å². The fraction of sp³-hybridized carbons (Fsp3) is 0.714. The molecule has 5 heteroatoms. The average Bonchev–Trinajstić information content (AvgIpc) is 2.26. The van der Waals surface area contributed by atoms with E-state index in [0.29, 0.717) is 19.3 Å². The summed E-state index contributed by atoms with van der Waals surface area (Å²) in [7, 11) is 0. The lowest BCUT2D eigenvalue weighted by Gasteiger charge is -2.24. The maximum Gasteiger partial charge on any atom is 0.216 e. The van der Waals surface area contributed by atoms with Crippen LogP contribution in [0.3, 0.4) is 0 Å². The summed E-state index contributed by atoms with van der Waals surface area (Å²) in [5, 5.41) is 10.7. The molecule has 0 amide bonds. The molecule has 0 aliphatic heterocycles. The topological polar surface area (TPSA) is 77.3 Å². The van der Waals surface area contributed by atoms with Crippen molar-refractivity contribution in [2.24, 2.45) is 5.41 Å². The molecule has 0 saturated carbocycles. The summed E-state index contributed by atoms with van der Waals surface area (Å²) in [5.74, 6) is -0.362. The van der Waals surface area contributed by atoms with E-state index in [1.165, 1.54) is 6.92 Å². The predicted molar refractivity (Wildman–Crippen MR) is 73.6 cm³/mol. The molecule has 0 heterocycles. The zero-order valence-electron chi connectivity index (χ0n) is 12.2. The molecule has 1 atom stereocenters. The zero-order chi connectivity index (χ0) is 15.1. The van der Waals surface area contributed by atoms with Crippen LogP contribution < -0.4 is 0 Å². The van der Waals surface area contributed by atoms with Crippen molar-refractivity contribution in [2.75, 3.05) is 6.54 Å². The van der Waals surface area contributed by atoms with Crippen molar-refractivity contribution in [3.05, 3.63) is 21.8 Å². The van der Waals surface area contributed by atoms with E-state index < -0.39 is 16.9 Å². The van der Waals surface area contributed by atoms with Crippen molar-refractivity contribution in [1.29, 1.82) is 0 Å². The lowest BCUT2D eigenvalue weighted by Crippen LogP contribution is -2.38. The van der Waals surface area contributed by atoms with E-state index in [1.54, 1.807) is 6.92 Å². The summed E-state index contributed by atoms with van der Waals surface area (Å²) < 4.78 is 0. The third kappa shape index (κ3) is 6.27. The smallest absolute Gasteiger partial charge is 0.216 e. The Morgan fingerprint density at radius 1 is 1.26 bits per heavy atom. The fourth-order valence-corrected chi connectivity index (χ4v) is 2.01. The van der Waals surface area contributed by atoms with Gasteiger partial charge >= 0.3 is 0 Å². The highest BCUT2D eigenvalue weighted by Gasteiger charge is 2.40. The summed E-state index contributed by atoms with van der Waals surface area (Å²) in [6.45, 7) is 6.48. The van der Waals surface area contributed by atoms with Crippen LogP contribution in [0.25, 0.3) is 0 Å². The summed E-state index contributed by atoms with van der Waals surface area (Å²) >= 11 is 0. The minimum Gasteiger partial charge on any atom is -0.300 e. The van der Waals surface area contributed by atoms with Gasteiger partial charge in [-0.15, -0.1) is 0 Å². The zero-order valence-corrected chi connectivity index (χ0v) is 12.2. The van der Waals surface area contributed by atoms with Crippen LogP contribution in [-0.4, -0.2) is 23.0 Å². The Morgan fingerprint density at radius 2 is 1.84 bits per heavy atom. The third-order valence-corrected chi connectivity index (χ3v) is 3.37. The van der Waals surface area contributed by atoms with Gasteiger partial charge in [-0.2, -0.15) is 0 Å². The van der Waals surface area contributed by atoms with Crippen LogP contribution in [0, 0.1) is 15.5 Å². The molecule has 0 fully saturated rings. The summed E-state index contributed by atoms with van der Waals surface area (Å²) in [4.78, 5) is 33.8. The van der Waals surface area contributed by atoms with Gasteiger partial charge in [-0.05, 0) is 33.6 Å². The van der Waals surface area contributed by atoms with Crippen LogP contribution in [0.5, 0.6) is 0 Å². The number of ketones is 2. The first kappa shape index (κ1) is 17.5. The van der Waals surface area contributed by atoms with Crippen LogP contribution in [0.2, 0.25) is 0 Å². The third-order valence-electron chi connectivity index (χ3n) is 3.37. The summed E-state index contributed by atoms with van der Waals surface area (Å²) in [6.07, 6.45) is 3.19. The minimum absolute atomic E-state index is 0.0313. The normalized spacial score (nSPS) is 13.5. The molecule has 0 rings (SSSR count). The van der Waals surface area contributed by atoms with Crippen LogP contribution in [0.15, 0.2) is 11.6 Å². The molecule has 0 saturated heterocycles. The number of nitro groups is 1. The standard InChI is InChI=1S/C14H23NO4/c1-5-14(12(4)16,10-15(18)19)9-13(17)8-6-7-11(2)3/h7H,5-6,8-10H2,1-4H3. The van der Waals surface area contributed by atoms with Gasteiger partial charge in [0.25, 0.3) is 0 Å². The van der Waals surface area contributed by atoms with E-state index in [2.05, 4.69) is 0 Å². The molecule has 108 valence electrons. The first-order valence-electron chi connectivity index (χ1n) is 6.51. The number of carbonyl (C=O) groups is 2. The predicted octanol–water partition coefficient (Wildman–Crippen LogP) is 2.95. The van der Waals surface area contributed by atoms with Crippen LogP contribution in [0.1, 0.15) is 53.4 Å². The van der Waals surface area contributed by atoms with Crippen LogP contribution >= 0.6 is 0 Å². The van der Waals surface area contributed by atoms with Gasteiger partial charge in [0.1, 0.15) is 11.6 Å². The molecule has 1 unspecified atom stereocenters. The number of allylic oxidation sites excluding steroid dienone is 2. The van der Waals surface area contributed by atoms with Gasteiger partial charge in [-0.3, -0.25) is 19.7 Å². The Balaban J connectivity index is 4.73. The number of rotatable bonds is 9. The highest BCUT2D eigenvalue weighted by atomic mass is 16.6. The lowest BCUT2D eigenvalue weighted by atomic mass is 9.76. The Hall–Kier alpha value is -1.52. The van der Waals surface area contributed by atoms with Crippen LogP contribution in [0.4, 0.5) is 0 Å². The highest BCUT2D eigenvalue weighted by Crippen LogP contribution is 2.29. The summed E-state index contributed by atoms with van der Waals surface area (Å²) in [6, 6.07) is 0. The number of hydrogen-bond acceptors (Lipinski definition) is 4. The van der Waals surface area contributed by atoms with Gasteiger partial charge in [0.15, 0.2) is 0 Å². The maximum atomic E-state index is 11.9. The molecule has 0 bridgehead atoms. The monoisotopic (exact) mass is 269 g/mol. The first-order valence-corrected chi connectivity index (χ1v) is 6.51. The van der Waals surface area contributed by atoms with Crippen molar-refractivity contribution in [3.63, 3.8) is 0 Å². The Morgan fingerprint density at radius 3 is 2.21 bits per heavy atom. The van der Waals surface area contributed by atoms with E-state index in [4.69, 9.17) is 0 Å². The molecule has 0 spiro atoms. The van der Waals surface area contributed by atoms with E-state index in [1.807, 2.05) is 19.9 Å². The second-order valence-corrected chi connectivity index (χ2v) is 5.22. The number of carbonyl (C=O) groups excluding carboxylic acids is 2. The Bertz CT molecular complexity index is 383. The number of hydrogen-bond donors (Lipinski definition) is 0. The minimum atomic E-state index is -1.13. The van der Waals surface area contributed by atoms with Crippen molar-refractivity contribution in [2.45, 2.75) is 53.4 Å². The van der Waals surface area contributed by atoms with Crippen LogP contribution in [-0.2, 0) is 9.59 Å². The molecule has 0 aliphatic rings. The van der Waals surface area contributed by atoms with Gasteiger partial charge in [-0.1, -0.05) is 18.6 Å². The van der Waals surface area contributed by atoms with Gasteiger partial charge < -0.3 is 0 Å². The molecule has 0 N–H and O–H groups in total. The van der Waals surface area contributed by atoms with E-state index >= 15 is 0 Å². The van der Waals surface area contributed by atoms with Crippen molar-refractivity contribution in [3.8, 4) is 0 Å². The van der Waals surface area contributed by atoms with Crippen molar-refractivity contribution < 1.29 is 14.5 Å². The molecule has 0 aliphatic carbocycles. The van der Waals surface area contributed by atoms with Gasteiger partial charge in [0.2, 0.25) is 6.54 Å². The van der Waals surface area contributed by atoms with E-state index in [9.17, 15) is 19.7 Å². The van der Waals surface area contributed by atoms with Gasteiger partial charge in [-0.25, -0.2) is 0 Å². The molecule has 0 radical (unpaired) electrons.